The Morgan fingerprint density at radius 2 is 1.86 bits per heavy atom. The molecule has 148 valence electrons. The molecule has 0 aliphatic carbocycles. The summed E-state index contributed by atoms with van der Waals surface area (Å²) in [7, 11) is 0. The second kappa shape index (κ2) is 8.54. The highest BCUT2D eigenvalue weighted by Crippen LogP contribution is 2.33. The summed E-state index contributed by atoms with van der Waals surface area (Å²) >= 11 is 0. The summed E-state index contributed by atoms with van der Waals surface area (Å²) in [6.45, 7) is 4.42. The number of aromatic carboxylic acids is 1. The van der Waals surface area contributed by atoms with Crippen LogP contribution in [0.2, 0.25) is 0 Å². The van der Waals surface area contributed by atoms with Gasteiger partial charge in [0.1, 0.15) is 5.82 Å². The molecule has 0 amide bonds. The molecule has 0 atom stereocenters. The number of halogens is 2. The van der Waals surface area contributed by atoms with E-state index < -0.39 is 11.8 Å². The minimum absolute atomic E-state index is 0. The van der Waals surface area contributed by atoms with Crippen molar-refractivity contribution in [2.75, 3.05) is 0 Å². The van der Waals surface area contributed by atoms with E-state index in [-0.39, 0.29) is 36.0 Å². The molecule has 0 aliphatic rings. The summed E-state index contributed by atoms with van der Waals surface area (Å²) < 4.78 is 16.2. The van der Waals surface area contributed by atoms with Crippen LogP contribution >= 0.6 is 12.4 Å². The number of hydrogen-bond acceptors (Lipinski definition) is 3. The third-order valence-electron chi connectivity index (χ3n) is 4.51. The normalized spacial score (nSPS) is 10.9. The molecule has 0 radical (unpaired) electrons. The van der Waals surface area contributed by atoms with Crippen molar-refractivity contribution in [3.05, 3.63) is 69.9 Å². The number of carboxylic acid groups (broad SMARTS) is 1. The molecule has 0 bridgehead atoms. The summed E-state index contributed by atoms with van der Waals surface area (Å²) in [5.41, 5.74) is 7.01. The average molecular weight is 405 g/mol. The fourth-order valence-corrected chi connectivity index (χ4v) is 3.36. The van der Waals surface area contributed by atoms with Crippen molar-refractivity contribution in [1.82, 2.24) is 4.57 Å². The van der Waals surface area contributed by atoms with Crippen molar-refractivity contribution < 1.29 is 14.3 Å². The standard InChI is InChI=1S/C21H21FN2O3.ClH/c1-12(2)11-24-18(10-23)19(15-5-3-4-6-17(15)22)16-9-13(21(26)27)7-8-14(16)20(24)25;/h3-9,12H,10-11,23H2,1-2H3,(H,26,27);1H. The first-order chi connectivity index (χ1) is 12.8. The lowest BCUT2D eigenvalue weighted by Crippen LogP contribution is -2.28. The Morgan fingerprint density at radius 3 is 2.43 bits per heavy atom. The molecule has 3 N–H and O–H groups in total. The molecular formula is C21H22ClFN2O3. The van der Waals surface area contributed by atoms with Crippen molar-refractivity contribution in [3.63, 3.8) is 0 Å². The zero-order chi connectivity index (χ0) is 19.7. The van der Waals surface area contributed by atoms with Gasteiger partial charge >= 0.3 is 5.97 Å². The molecule has 3 aromatic rings. The first kappa shape index (κ1) is 21.6. The van der Waals surface area contributed by atoms with Crippen LogP contribution in [0.4, 0.5) is 4.39 Å². The van der Waals surface area contributed by atoms with Crippen LogP contribution in [-0.4, -0.2) is 15.6 Å². The second-order valence-corrected chi connectivity index (χ2v) is 6.88. The van der Waals surface area contributed by atoms with Gasteiger partial charge in [-0.1, -0.05) is 32.0 Å². The molecule has 0 aliphatic heterocycles. The fraction of sp³-hybridized carbons (Fsp3) is 0.238. The van der Waals surface area contributed by atoms with Gasteiger partial charge in [0.05, 0.1) is 5.56 Å². The van der Waals surface area contributed by atoms with Gasteiger partial charge in [-0.3, -0.25) is 4.79 Å². The molecule has 0 spiro atoms. The van der Waals surface area contributed by atoms with Crippen LogP contribution < -0.4 is 11.3 Å². The van der Waals surface area contributed by atoms with E-state index in [4.69, 9.17) is 5.73 Å². The highest BCUT2D eigenvalue weighted by atomic mass is 35.5. The molecule has 0 unspecified atom stereocenters. The Labute approximate surface area is 168 Å². The first-order valence-electron chi connectivity index (χ1n) is 8.72. The van der Waals surface area contributed by atoms with Crippen LogP contribution in [0.3, 0.4) is 0 Å². The number of hydrogen-bond donors (Lipinski definition) is 2. The van der Waals surface area contributed by atoms with E-state index in [9.17, 15) is 19.1 Å². The van der Waals surface area contributed by atoms with Crippen molar-refractivity contribution in [3.8, 4) is 11.1 Å². The molecule has 5 nitrogen and oxygen atoms in total. The Balaban J connectivity index is 0.00000280. The monoisotopic (exact) mass is 404 g/mol. The van der Waals surface area contributed by atoms with Crippen LogP contribution in [0, 0.1) is 11.7 Å². The number of rotatable bonds is 5. The summed E-state index contributed by atoms with van der Waals surface area (Å²) in [4.78, 5) is 24.5. The molecule has 1 heterocycles. The number of aromatic nitrogens is 1. The molecule has 0 fully saturated rings. The van der Waals surface area contributed by atoms with E-state index in [2.05, 4.69) is 0 Å². The molecule has 7 heteroatoms. The number of nitrogens with zero attached hydrogens (tertiary/aromatic N) is 1. The van der Waals surface area contributed by atoms with Gasteiger partial charge in [0.2, 0.25) is 0 Å². The van der Waals surface area contributed by atoms with Gasteiger partial charge in [0.15, 0.2) is 0 Å². The molecule has 1 aromatic heterocycles. The molecule has 0 saturated carbocycles. The van der Waals surface area contributed by atoms with Crippen molar-refractivity contribution in [2.24, 2.45) is 11.7 Å². The average Bonchev–Trinajstić information content (AvgIpc) is 2.63. The third kappa shape index (κ3) is 3.79. The molecule has 3 rings (SSSR count). The summed E-state index contributed by atoms with van der Waals surface area (Å²) in [6.07, 6.45) is 0. The first-order valence-corrected chi connectivity index (χ1v) is 8.72. The molecule has 2 aromatic carbocycles. The maximum absolute atomic E-state index is 14.6. The van der Waals surface area contributed by atoms with E-state index in [0.29, 0.717) is 34.1 Å². The number of carboxylic acids is 1. The minimum Gasteiger partial charge on any atom is -0.478 e. The number of fused-ring (bicyclic) bond motifs is 1. The van der Waals surface area contributed by atoms with Gasteiger partial charge in [0, 0.05) is 35.3 Å². The largest absolute Gasteiger partial charge is 0.478 e. The SMILES string of the molecule is CC(C)Cn1c(CN)c(-c2ccccc2F)c2cc(C(=O)O)ccc2c1=O.Cl. The van der Waals surface area contributed by atoms with Crippen molar-refractivity contribution >= 4 is 29.1 Å². The van der Waals surface area contributed by atoms with Gasteiger partial charge < -0.3 is 15.4 Å². The van der Waals surface area contributed by atoms with Gasteiger partial charge in [-0.2, -0.15) is 0 Å². The zero-order valence-corrected chi connectivity index (χ0v) is 16.4. The predicted octanol–water partition coefficient (Wildman–Crippen LogP) is 4.04. The fourth-order valence-electron chi connectivity index (χ4n) is 3.36. The van der Waals surface area contributed by atoms with Crippen LogP contribution in [0.25, 0.3) is 21.9 Å². The number of carbonyl (C=O) groups is 1. The van der Waals surface area contributed by atoms with Crippen LogP contribution in [0.5, 0.6) is 0 Å². The Bertz CT molecular complexity index is 1090. The quantitative estimate of drug-likeness (QED) is 0.672. The Hall–Kier alpha value is -2.70. The molecule has 28 heavy (non-hydrogen) atoms. The topological polar surface area (TPSA) is 85.3 Å². The number of benzene rings is 2. The predicted molar refractivity (Wildman–Crippen MR) is 111 cm³/mol. The second-order valence-electron chi connectivity index (χ2n) is 6.88. The van der Waals surface area contributed by atoms with E-state index in [1.54, 1.807) is 22.8 Å². The summed E-state index contributed by atoms with van der Waals surface area (Å²) in [5.74, 6) is -1.39. The van der Waals surface area contributed by atoms with E-state index >= 15 is 0 Å². The molecular weight excluding hydrogens is 383 g/mol. The summed E-state index contributed by atoms with van der Waals surface area (Å²) in [6, 6.07) is 10.5. The van der Waals surface area contributed by atoms with Gasteiger partial charge in [-0.15, -0.1) is 12.4 Å². The van der Waals surface area contributed by atoms with Gasteiger partial charge in [-0.05, 0) is 35.6 Å². The zero-order valence-electron chi connectivity index (χ0n) is 15.6. The van der Waals surface area contributed by atoms with Crippen LogP contribution in [0.1, 0.15) is 29.9 Å². The lowest BCUT2D eigenvalue weighted by molar-refractivity contribution is 0.0697. The maximum Gasteiger partial charge on any atom is 0.335 e. The van der Waals surface area contributed by atoms with Gasteiger partial charge in [-0.25, -0.2) is 9.18 Å². The molecule has 0 saturated heterocycles. The van der Waals surface area contributed by atoms with Crippen molar-refractivity contribution in [1.29, 1.82) is 0 Å². The summed E-state index contributed by atoms with van der Waals surface area (Å²) in [5, 5.41) is 10.1. The van der Waals surface area contributed by atoms with Crippen LogP contribution in [0.15, 0.2) is 47.3 Å². The third-order valence-corrected chi connectivity index (χ3v) is 4.51. The highest BCUT2D eigenvalue weighted by Gasteiger charge is 2.21. The highest BCUT2D eigenvalue weighted by molar-refractivity contribution is 6.01. The maximum atomic E-state index is 14.6. The van der Waals surface area contributed by atoms with E-state index in [1.807, 2.05) is 13.8 Å². The lowest BCUT2D eigenvalue weighted by atomic mass is 9.94. The lowest BCUT2D eigenvalue weighted by Gasteiger charge is -2.21. The minimum atomic E-state index is -1.11. The number of pyridine rings is 1. The van der Waals surface area contributed by atoms with E-state index in [1.165, 1.54) is 24.3 Å². The van der Waals surface area contributed by atoms with Crippen molar-refractivity contribution in [2.45, 2.75) is 26.9 Å². The number of nitrogens with two attached hydrogens (primary N) is 1. The van der Waals surface area contributed by atoms with E-state index in [0.717, 1.165) is 0 Å². The van der Waals surface area contributed by atoms with Gasteiger partial charge in [0.25, 0.3) is 5.56 Å². The Kier molecular flexibility index (Phi) is 6.59. The Morgan fingerprint density at radius 1 is 1.18 bits per heavy atom. The van der Waals surface area contributed by atoms with Crippen LogP contribution in [-0.2, 0) is 13.1 Å². The smallest absolute Gasteiger partial charge is 0.335 e.